The molecule has 1 rings (SSSR count). The zero-order valence-corrected chi connectivity index (χ0v) is 57.0. The Bertz CT molecular complexity index is 1540. The van der Waals surface area contributed by atoms with E-state index in [2.05, 4.69) is 43.5 Å². The zero-order chi connectivity index (χ0) is 63.0. The Morgan fingerprint density at radius 2 is 0.770 bits per heavy atom. The number of hydrogen-bond donors (Lipinski definition) is 6. The van der Waals surface area contributed by atoms with Crippen LogP contribution in [0.5, 0.6) is 0 Å². The Hall–Kier alpha value is -2.12. The molecular weight excluding hydrogens is 1090 g/mol. The van der Waals surface area contributed by atoms with Gasteiger partial charge in [0.05, 0.1) is 32.0 Å². The number of allylic oxidation sites excluding steroid dienone is 5. The Kier molecular flexibility index (Phi) is 62.3. The van der Waals surface area contributed by atoms with Crippen LogP contribution >= 0.6 is 0 Å². The van der Waals surface area contributed by atoms with Gasteiger partial charge in [-0.1, -0.05) is 333 Å². The third-order valence-electron chi connectivity index (χ3n) is 18.0. The highest BCUT2D eigenvalue weighted by molar-refractivity contribution is 5.76. The summed E-state index contributed by atoms with van der Waals surface area (Å²) in [5.41, 5.74) is 0. The molecule has 0 radical (unpaired) electrons. The molecule has 11 heteroatoms. The summed E-state index contributed by atoms with van der Waals surface area (Å²) in [6.45, 7) is 4.37. The summed E-state index contributed by atoms with van der Waals surface area (Å²) >= 11 is 0. The van der Waals surface area contributed by atoms with Gasteiger partial charge in [-0.15, -0.1) is 0 Å². The highest BCUT2D eigenvalue weighted by Gasteiger charge is 2.44. The first kappa shape index (κ1) is 82.9. The van der Waals surface area contributed by atoms with Gasteiger partial charge in [0.15, 0.2) is 6.29 Å². The molecule has 1 amide bonds. The third-order valence-corrected chi connectivity index (χ3v) is 18.0. The number of ether oxygens (including phenoxy) is 3. The minimum absolute atomic E-state index is 0.0126. The van der Waals surface area contributed by atoms with Crippen LogP contribution in [0, 0.1) is 0 Å². The summed E-state index contributed by atoms with van der Waals surface area (Å²) in [5.74, 6) is -0.165. The molecule has 0 aromatic heterocycles. The maximum Gasteiger partial charge on any atom is 0.305 e. The first-order valence-electron chi connectivity index (χ1n) is 37.8. The number of esters is 1. The van der Waals surface area contributed by atoms with Crippen LogP contribution in [0.1, 0.15) is 373 Å². The fourth-order valence-corrected chi connectivity index (χ4v) is 12.1. The largest absolute Gasteiger partial charge is 0.466 e. The lowest BCUT2D eigenvalue weighted by Gasteiger charge is -2.40. The highest BCUT2D eigenvalue weighted by atomic mass is 16.7. The predicted molar refractivity (Wildman–Crippen MR) is 366 cm³/mol. The predicted octanol–water partition coefficient (Wildman–Crippen LogP) is 19.7. The monoisotopic (exact) mass is 1230 g/mol. The van der Waals surface area contributed by atoms with Crippen LogP contribution in [0.4, 0.5) is 0 Å². The molecule has 0 saturated carbocycles. The molecule has 0 aromatic rings. The number of amides is 1. The van der Waals surface area contributed by atoms with Crippen LogP contribution in [0.3, 0.4) is 0 Å². The summed E-state index contributed by atoms with van der Waals surface area (Å²) in [6, 6.07) is -0.807. The number of unbranched alkanes of at least 4 members (excludes halogenated alkanes) is 49. The van der Waals surface area contributed by atoms with E-state index < -0.39 is 49.5 Å². The Morgan fingerprint density at radius 3 is 1.16 bits per heavy atom. The van der Waals surface area contributed by atoms with Crippen molar-refractivity contribution in [1.29, 1.82) is 0 Å². The van der Waals surface area contributed by atoms with Crippen molar-refractivity contribution in [3.05, 3.63) is 36.5 Å². The van der Waals surface area contributed by atoms with Crippen molar-refractivity contribution in [2.45, 2.75) is 416 Å². The number of nitrogens with one attached hydrogen (secondary N) is 1. The molecule has 7 atom stereocenters. The van der Waals surface area contributed by atoms with E-state index in [1.54, 1.807) is 6.08 Å². The Balaban J connectivity index is 1.91. The van der Waals surface area contributed by atoms with Crippen LogP contribution in [-0.2, 0) is 23.8 Å². The number of hydrogen-bond acceptors (Lipinski definition) is 10. The lowest BCUT2D eigenvalue weighted by atomic mass is 9.99. The molecule has 0 spiro atoms. The molecule has 7 unspecified atom stereocenters. The van der Waals surface area contributed by atoms with Crippen LogP contribution < -0.4 is 5.32 Å². The summed E-state index contributed by atoms with van der Waals surface area (Å²) in [6.07, 6.45) is 74.5. The lowest BCUT2D eigenvalue weighted by molar-refractivity contribution is -0.302. The summed E-state index contributed by atoms with van der Waals surface area (Å²) in [5, 5.41) is 54.4. The fourth-order valence-electron chi connectivity index (χ4n) is 12.1. The molecule has 0 aromatic carbocycles. The van der Waals surface area contributed by atoms with Gasteiger partial charge < -0.3 is 45.1 Å². The molecule has 1 aliphatic rings. The van der Waals surface area contributed by atoms with Gasteiger partial charge in [-0.25, -0.2) is 0 Å². The van der Waals surface area contributed by atoms with Gasteiger partial charge in [0.2, 0.25) is 5.91 Å². The number of carbonyl (C=O) groups is 2. The van der Waals surface area contributed by atoms with E-state index >= 15 is 0 Å². The van der Waals surface area contributed by atoms with E-state index in [0.29, 0.717) is 19.4 Å². The number of rotatable bonds is 67. The molecule has 0 aliphatic carbocycles. The average molecular weight is 1230 g/mol. The first-order chi connectivity index (χ1) is 42.7. The van der Waals surface area contributed by atoms with Crippen LogP contribution in [0.25, 0.3) is 0 Å². The quantitative estimate of drug-likeness (QED) is 0.0195. The molecule has 1 saturated heterocycles. The molecule has 6 N–H and O–H groups in total. The van der Waals surface area contributed by atoms with Gasteiger partial charge >= 0.3 is 5.97 Å². The van der Waals surface area contributed by atoms with E-state index in [-0.39, 0.29) is 18.5 Å². The second-order valence-electron chi connectivity index (χ2n) is 26.4. The molecule has 512 valence electrons. The van der Waals surface area contributed by atoms with Crippen molar-refractivity contribution in [3.8, 4) is 0 Å². The normalized spacial score (nSPS) is 18.0. The van der Waals surface area contributed by atoms with Crippen LogP contribution in [0.2, 0.25) is 0 Å². The second kappa shape index (κ2) is 65.4. The molecule has 0 bridgehead atoms. The standard InChI is InChI=1S/C76H143NO10/c1-3-5-7-9-11-13-42-46-50-54-58-62-69(79)68(67-86-76-75(84)74(83)73(82)70(66-78)87-76)77-71(80)63-59-55-51-47-44-40-38-36-34-32-30-28-26-24-22-20-18-16-15-17-19-21-23-25-27-29-31-33-35-37-39-41-45-49-53-57-61-65-85-72(81)64-60-56-52-48-43-14-12-10-8-6-4-2/h15,17,21,23,58,62,68-70,73-76,78-79,82-84H,3-14,16,18-20,22,24-57,59-61,63-67H2,1-2H3,(H,77,80)/b17-15-,23-21-,62-58+. The van der Waals surface area contributed by atoms with Gasteiger partial charge in [-0.3, -0.25) is 9.59 Å². The van der Waals surface area contributed by atoms with E-state index in [4.69, 9.17) is 14.2 Å². The molecular formula is C76H143NO10. The van der Waals surface area contributed by atoms with Crippen molar-refractivity contribution in [2.75, 3.05) is 19.8 Å². The fraction of sp³-hybridized carbons (Fsp3) is 0.895. The number of aliphatic hydroxyl groups excluding tert-OH is 5. The van der Waals surface area contributed by atoms with E-state index in [1.165, 1.54) is 289 Å². The van der Waals surface area contributed by atoms with E-state index in [9.17, 15) is 35.1 Å². The smallest absolute Gasteiger partial charge is 0.305 e. The molecule has 87 heavy (non-hydrogen) atoms. The van der Waals surface area contributed by atoms with Gasteiger partial charge in [0, 0.05) is 12.8 Å². The average Bonchev–Trinajstić information content (AvgIpc) is 2.27. The Labute approximate surface area is 536 Å². The molecule has 1 aliphatic heterocycles. The molecule has 11 nitrogen and oxygen atoms in total. The maximum absolute atomic E-state index is 13.1. The first-order valence-corrected chi connectivity index (χ1v) is 37.8. The number of aliphatic hydroxyl groups is 5. The van der Waals surface area contributed by atoms with Gasteiger partial charge in [-0.05, 0) is 64.2 Å². The third kappa shape index (κ3) is 54.2. The van der Waals surface area contributed by atoms with Gasteiger partial charge in [0.25, 0.3) is 0 Å². The molecule has 1 fully saturated rings. The van der Waals surface area contributed by atoms with Gasteiger partial charge in [0.1, 0.15) is 24.4 Å². The minimum atomic E-state index is -1.57. The zero-order valence-electron chi connectivity index (χ0n) is 57.0. The Morgan fingerprint density at radius 1 is 0.425 bits per heavy atom. The van der Waals surface area contributed by atoms with Crippen molar-refractivity contribution in [1.82, 2.24) is 5.32 Å². The second-order valence-corrected chi connectivity index (χ2v) is 26.4. The minimum Gasteiger partial charge on any atom is -0.466 e. The maximum atomic E-state index is 13.1. The summed E-state index contributed by atoms with van der Waals surface area (Å²) in [7, 11) is 0. The van der Waals surface area contributed by atoms with Crippen LogP contribution in [0.15, 0.2) is 36.5 Å². The van der Waals surface area contributed by atoms with Crippen molar-refractivity contribution in [3.63, 3.8) is 0 Å². The summed E-state index contributed by atoms with van der Waals surface area (Å²) in [4.78, 5) is 25.1. The van der Waals surface area contributed by atoms with Crippen molar-refractivity contribution in [2.24, 2.45) is 0 Å². The van der Waals surface area contributed by atoms with E-state index in [0.717, 1.165) is 57.8 Å². The lowest BCUT2D eigenvalue weighted by Crippen LogP contribution is -2.60. The number of carbonyl (C=O) groups excluding carboxylic acids is 2. The van der Waals surface area contributed by atoms with Gasteiger partial charge in [-0.2, -0.15) is 0 Å². The van der Waals surface area contributed by atoms with Crippen LogP contribution in [-0.4, -0.2) is 100 Å². The summed E-state index contributed by atoms with van der Waals surface area (Å²) < 4.78 is 16.7. The highest BCUT2D eigenvalue weighted by Crippen LogP contribution is 2.24. The molecule has 1 heterocycles. The van der Waals surface area contributed by atoms with E-state index in [1.807, 2.05) is 6.08 Å². The SMILES string of the molecule is CCCCCCCCCCC/C=C/C(O)C(COC1OC(CO)C(O)C(O)C1O)NC(=O)CCCCCCCCCCCCCCCCCCC/C=C\C/C=C\CCCCCCCCCCCCCCCOC(=O)CCCCCCCCCCCCC. The topological polar surface area (TPSA) is 175 Å². The van der Waals surface area contributed by atoms with Crippen molar-refractivity contribution < 1.29 is 49.3 Å². The van der Waals surface area contributed by atoms with Crippen molar-refractivity contribution >= 4 is 11.9 Å².